The van der Waals surface area contributed by atoms with Crippen molar-refractivity contribution in [1.29, 1.82) is 0 Å². The minimum atomic E-state index is 0.714. The molecule has 94 valence electrons. The van der Waals surface area contributed by atoms with Crippen molar-refractivity contribution in [3.8, 4) is 5.75 Å². The molecule has 2 aliphatic rings. The highest BCUT2D eigenvalue weighted by Gasteiger charge is 2.25. The van der Waals surface area contributed by atoms with Crippen LogP contribution in [0.15, 0.2) is 48.2 Å². The first kappa shape index (κ1) is 11.4. The molecule has 0 bridgehead atoms. The maximum absolute atomic E-state index is 5.22. The number of rotatable bonds is 2. The zero-order valence-corrected chi connectivity index (χ0v) is 10.8. The van der Waals surface area contributed by atoms with Crippen LogP contribution in [0.1, 0.15) is 19.3 Å². The molecule has 18 heavy (non-hydrogen) atoms. The van der Waals surface area contributed by atoms with Crippen molar-refractivity contribution in [1.82, 2.24) is 0 Å². The number of anilines is 1. The average molecular weight is 241 g/mol. The van der Waals surface area contributed by atoms with Crippen molar-refractivity contribution in [2.24, 2.45) is 5.92 Å². The van der Waals surface area contributed by atoms with Gasteiger partial charge in [-0.15, -0.1) is 0 Å². The lowest BCUT2D eigenvalue weighted by Gasteiger charge is -2.38. The second kappa shape index (κ2) is 4.89. The molecular weight excluding hydrogens is 222 g/mol. The number of hydrogen-bond acceptors (Lipinski definition) is 2. The molecule has 0 amide bonds. The third-order valence-corrected chi connectivity index (χ3v) is 3.87. The van der Waals surface area contributed by atoms with Crippen molar-refractivity contribution < 1.29 is 4.74 Å². The van der Waals surface area contributed by atoms with E-state index in [1.54, 1.807) is 7.11 Å². The number of piperidine rings is 1. The van der Waals surface area contributed by atoms with Crippen LogP contribution in [0.25, 0.3) is 0 Å². The summed E-state index contributed by atoms with van der Waals surface area (Å²) in [5.41, 5.74) is 2.76. The maximum atomic E-state index is 5.22. The number of hydrogen-bond donors (Lipinski definition) is 0. The molecule has 1 aliphatic carbocycles. The highest BCUT2D eigenvalue weighted by Crippen LogP contribution is 2.36. The van der Waals surface area contributed by atoms with Crippen LogP contribution in [-0.2, 0) is 0 Å². The van der Waals surface area contributed by atoms with E-state index in [2.05, 4.69) is 35.3 Å². The summed E-state index contributed by atoms with van der Waals surface area (Å²) >= 11 is 0. The van der Waals surface area contributed by atoms with E-state index in [4.69, 9.17) is 4.74 Å². The van der Waals surface area contributed by atoms with Crippen molar-refractivity contribution in [3.63, 3.8) is 0 Å². The van der Waals surface area contributed by atoms with E-state index in [-0.39, 0.29) is 0 Å². The van der Waals surface area contributed by atoms with Gasteiger partial charge in [-0.1, -0.05) is 12.2 Å². The summed E-state index contributed by atoms with van der Waals surface area (Å²) in [5.74, 6) is 1.63. The van der Waals surface area contributed by atoms with Crippen LogP contribution >= 0.6 is 0 Å². The molecule has 1 saturated heterocycles. The summed E-state index contributed by atoms with van der Waals surface area (Å²) in [6.07, 6.45) is 10.5. The molecule has 1 aromatic carbocycles. The maximum Gasteiger partial charge on any atom is 0.119 e. The third kappa shape index (κ3) is 2.03. The molecule has 1 aromatic rings. The van der Waals surface area contributed by atoms with Gasteiger partial charge in [-0.3, -0.25) is 0 Å². The summed E-state index contributed by atoms with van der Waals surface area (Å²) in [6, 6.07) is 8.39. The molecule has 1 aliphatic heterocycles. The lowest BCUT2D eigenvalue weighted by atomic mass is 9.87. The van der Waals surface area contributed by atoms with Gasteiger partial charge in [0.15, 0.2) is 0 Å². The van der Waals surface area contributed by atoms with E-state index in [1.807, 2.05) is 12.1 Å². The van der Waals surface area contributed by atoms with Crippen molar-refractivity contribution in [3.05, 3.63) is 48.2 Å². The lowest BCUT2D eigenvalue weighted by molar-refractivity contribution is 0.414. The number of fused-ring (bicyclic) bond motifs is 1. The first-order chi connectivity index (χ1) is 8.88. The van der Waals surface area contributed by atoms with Crippen LogP contribution in [0.4, 0.5) is 5.69 Å². The Bertz CT molecular complexity index is 472. The second-order valence-electron chi connectivity index (χ2n) is 4.94. The normalized spacial score (nSPS) is 22.4. The smallest absolute Gasteiger partial charge is 0.119 e. The molecule has 2 heteroatoms. The van der Waals surface area contributed by atoms with Crippen molar-refractivity contribution in [2.75, 3.05) is 18.6 Å². The monoisotopic (exact) mass is 241 g/mol. The van der Waals surface area contributed by atoms with Crippen LogP contribution in [0.2, 0.25) is 0 Å². The second-order valence-corrected chi connectivity index (χ2v) is 4.94. The molecule has 0 saturated carbocycles. The zero-order chi connectivity index (χ0) is 12.4. The number of allylic oxidation sites excluding steroid dienone is 4. The first-order valence-electron chi connectivity index (χ1n) is 6.67. The van der Waals surface area contributed by atoms with E-state index in [9.17, 15) is 0 Å². The van der Waals surface area contributed by atoms with Gasteiger partial charge in [-0.25, -0.2) is 0 Å². The molecule has 1 fully saturated rings. The number of nitrogens with zero attached hydrogens (tertiary/aromatic N) is 1. The number of methoxy groups -OCH3 is 1. The van der Waals surface area contributed by atoms with Crippen LogP contribution in [0.5, 0.6) is 5.75 Å². The molecule has 1 unspecified atom stereocenters. The van der Waals surface area contributed by atoms with E-state index < -0.39 is 0 Å². The fourth-order valence-electron chi connectivity index (χ4n) is 2.91. The first-order valence-corrected chi connectivity index (χ1v) is 6.67. The zero-order valence-electron chi connectivity index (χ0n) is 10.8. The summed E-state index contributed by atoms with van der Waals surface area (Å²) in [5, 5.41) is 0. The number of ether oxygens (including phenoxy) is 1. The van der Waals surface area contributed by atoms with Crippen LogP contribution in [0.3, 0.4) is 0 Å². The Hall–Kier alpha value is -1.70. The molecule has 1 atom stereocenters. The summed E-state index contributed by atoms with van der Waals surface area (Å²) in [4.78, 5) is 2.46. The fourth-order valence-corrected chi connectivity index (χ4v) is 2.91. The molecule has 1 heterocycles. The Morgan fingerprint density at radius 1 is 1.22 bits per heavy atom. The van der Waals surface area contributed by atoms with Gasteiger partial charge in [0.25, 0.3) is 0 Å². The molecule has 3 rings (SSSR count). The van der Waals surface area contributed by atoms with Crippen LogP contribution in [0, 0.1) is 5.92 Å². The highest BCUT2D eigenvalue weighted by atomic mass is 16.5. The average Bonchev–Trinajstić information content (AvgIpc) is 2.47. The lowest BCUT2D eigenvalue weighted by Crippen LogP contribution is -2.33. The van der Waals surface area contributed by atoms with E-state index in [1.165, 1.54) is 30.6 Å². The third-order valence-electron chi connectivity index (χ3n) is 3.87. The van der Waals surface area contributed by atoms with Crippen molar-refractivity contribution >= 4 is 5.69 Å². The predicted molar refractivity (Wildman–Crippen MR) is 74.9 cm³/mol. The minimum Gasteiger partial charge on any atom is -0.497 e. The molecule has 0 aromatic heterocycles. The SMILES string of the molecule is COc1ccc(N2CCCC3CC=CC=C32)cc1. The Balaban J connectivity index is 1.89. The predicted octanol–water partition coefficient (Wildman–Crippen LogP) is 3.76. The Morgan fingerprint density at radius 2 is 2.06 bits per heavy atom. The Labute approximate surface area is 109 Å². The van der Waals surface area contributed by atoms with Crippen LogP contribution in [-0.4, -0.2) is 13.7 Å². The minimum absolute atomic E-state index is 0.714. The van der Waals surface area contributed by atoms with Gasteiger partial charge < -0.3 is 9.64 Å². The van der Waals surface area contributed by atoms with Gasteiger partial charge in [-0.2, -0.15) is 0 Å². The van der Waals surface area contributed by atoms with Crippen molar-refractivity contribution in [2.45, 2.75) is 19.3 Å². The van der Waals surface area contributed by atoms with Gasteiger partial charge in [0.2, 0.25) is 0 Å². The van der Waals surface area contributed by atoms with Gasteiger partial charge >= 0.3 is 0 Å². The van der Waals surface area contributed by atoms with Crippen LogP contribution < -0.4 is 9.64 Å². The molecular formula is C16H19NO. The fraction of sp³-hybridized carbons (Fsp3) is 0.375. The summed E-state index contributed by atoms with van der Waals surface area (Å²) < 4.78 is 5.22. The van der Waals surface area contributed by atoms with E-state index in [0.29, 0.717) is 5.92 Å². The topological polar surface area (TPSA) is 12.5 Å². The summed E-state index contributed by atoms with van der Waals surface area (Å²) in [7, 11) is 1.71. The Kier molecular flexibility index (Phi) is 3.09. The highest BCUT2D eigenvalue weighted by molar-refractivity contribution is 5.56. The van der Waals surface area contributed by atoms with Gasteiger partial charge in [0.1, 0.15) is 5.75 Å². The molecule has 0 N–H and O–H groups in total. The Morgan fingerprint density at radius 3 is 2.83 bits per heavy atom. The summed E-state index contributed by atoms with van der Waals surface area (Å²) in [6.45, 7) is 1.13. The largest absolute Gasteiger partial charge is 0.497 e. The van der Waals surface area contributed by atoms with Gasteiger partial charge in [0.05, 0.1) is 7.11 Å². The molecule has 0 spiro atoms. The van der Waals surface area contributed by atoms with E-state index >= 15 is 0 Å². The van der Waals surface area contributed by atoms with E-state index in [0.717, 1.165) is 12.3 Å². The quantitative estimate of drug-likeness (QED) is 0.781. The van der Waals surface area contributed by atoms with Gasteiger partial charge in [0, 0.05) is 23.8 Å². The molecule has 0 radical (unpaired) electrons. The number of benzene rings is 1. The standard InChI is InChI=1S/C16H19NO/c1-18-15-10-8-14(9-11-15)17-12-4-6-13-5-2-3-7-16(13)17/h2-3,7-11,13H,4-6,12H2,1H3. The molecule has 2 nitrogen and oxygen atoms in total. The van der Waals surface area contributed by atoms with Gasteiger partial charge in [-0.05, 0) is 49.6 Å².